The second-order valence-corrected chi connectivity index (χ2v) is 3.06. The van der Waals surface area contributed by atoms with Gasteiger partial charge in [0.25, 0.3) is 0 Å². The van der Waals surface area contributed by atoms with Crippen LogP contribution in [0.25, 0.3) is 0 Å². The van der Waals surface area contributed by atoms with Gasteiger partial charge < -0.3 is 15.3 Å². The number of phenolic OH excluding ortho intramolecular Hbond substituents is 3. The minimum Gasteiger partial charge on any atom is -0.508 e. The number of benzene rings is 1. The second kappa shape index (κ2) is 2.93. The zero-order chi connectivity index (χ0) is 9.30. The van der Waals surface area contributed by atoms with E-state index >= 15 is 0 Å². The van der Waals surface area contributed by atoms with Crippen molar-refractivity contribution in [2.75, 3.05) is 0 Å². The van der Waals surface area contributed by atoms with Gasteiger partial charge in [-0.05, 0) is 12.0 Å². The zero-order valence-corrected chi connectivity index (χ0v) is 7.07. The Morgan fingerprint density at radius 2 is 1.67 bits per heavy atom. The topological polar surface area (TPSA) is 60.7 Å². The quantitative estimate of drug-likeness (QED) is 0.443. The summed E-state index contributed by atoms with van der Waals surface area (Å²) in [7, 11) is 0. The number of hydrogen-bond acceptors (Lipinski definition) is 3. The average Bonchev–Trinajstić information content (AvgIpc) is 1.96. The first-order chi connectivity index (χ1) is 5.52. The van der Waals surface area contributed by atoms with Gasteiger partial charge in [0.2, 0.25) is 0 Å². The Labute approximate surface area is 70.9 Å². The van der Waals surface area contributed by atoms with E-state index in [2.05, 4.69) is 0 Å². The Balaban J connectivity index is 3.28. The van der Waals surface area contributed by atoms with Crippen LogP contribution in [-0.4, -0.2) is 15.3 Å². The maximum atomic E-state index is 9.33. The minimum atomic E-state index is -0.279. The molecule has 3 heteroatoms. The average molecular weight is 168 g/mol. The van der Waals surface area contributed by atoms with Crippen LogP contribution in [0.5, 0.6) is 17.2 Å². The third-order valence-corrected chi connectivity index (χ3v) is 1.73. The molecule has 0 bridgehead atoms. The fraction of sp³-hybridized carbons (Fsp3) is 0.333. The summed E-state index contributed by atoms with van der Waals surface area (Å²) in [6.07, 6.45) is 0. The fourth-order valence-electron chi connectivity index (χ4n) is 1.07. The van der Waals surface area contributed by atoms with Crippen LogP contribution in [0.3, 0.4) is 0 Å². The van der Waals surface area contributed by atoms with Gasteiger partial charge in [-0.1, -0.05) is 13.8 Å². The van der Waals surface area contributed by atoms with Crippen LogP contribution in [0, 0.1) is 0 Å². The molecule has 1 aromatic rings. The van der Waals surface area contributed by atoms with Crippen LogP contribution in [0.2, 0.25) is 0 Å². The molecule has 0 atom stereocenters. The number of rotatable bonds is 1. The molecule has 12 heavy (non-hydrogen) atoms. The Kier molecular flexibility index (Phi) is 2.13. The molecule has 0 saturated carbocycles. The molecule has 0 aromatic heterocycles. The van der Waals surface area contributed by atoms with E-state index in [1.54, 1.807) is 0 Å². The van der Waals surface area contributed by atoms with E-state index in [1.165, 1.54) is 6.07 Å². The molecular weight excluding hydrogens is 156 g/mol. The lowest BCUT2D eigenvalue weighted by molar-refractivity contribution is 0.390. The monoisotopic (exact) mass is 168 g/mol. The van der Waals surface area contributed by atoms with Crippen molar-refractivity contribution in [3.05, 3.63) is 17.7 Å². The molecule has 66 valence electrons. The molecule has 0 unspecified atom stereocenters. The van der Waals surface area contributed by atoms with Crippen molar-refractivity contribution in [3.63, 3.8) is 0 Å². The standard InChI is InChI=1S/C9H12O3/c1-5(2)7-3-6(10)4-8(11)9(7)12/h3-5,10-12H,1-2H3. The molecule has 0 heterocycles. The molecule has 0 spiro atoms. The second-order valence-electron chi connectivity index (χ2n) is 3.06. The van der Waals surface area contributed by atoms with Gasteiger partial charge in [0.1, 0.15) is 5.75 Å². The lowest BCUT2D eigenvalue weighted by Gasteiger charge is -2.09. The van der Waals surface area contributed by atoms with Crippen molar-refractivity contribution in [1.82, 2.24) is 0 Å². The highest BCUT2D eigenvalue weighted by Crippen LogP contribution is 2.36. The maximum Gasteiger partial charge on any atom is 0.161 e. The van der Waals surface area contributed by atoms with E-state index in [0.717, 1.165) is 6.07 Å². The maximum absolute atomic E-state index is 9.33. The van der Waals surface area contributed by atoms with Crippen molar-refractivity contribution in [1.29, 1.82) is 0 Å². The van der Waals surface area contributed by atoms with Crippen LogP contribution in [0.1, 0.15) is 25.3 Å². The first-order valence-electron chi connectivity index (χ1n) is 3.77. The Hall–Kier alpha value is -1.38. The van der Waals surface area contributed by atoms with Crippen molar-refractivity contribution in [2.24, 2.45) is 0 Å². The van der Waals surface area contributed by atoms with Gasteiger partial charge in [-0.3, -0.25) is 0 Å². The molecule has 0 fully saturated rings. The summed E-state index contributed by atoms with van der Waals surface area (Å²) in [6, 6.07) is 2.56. The normalized spacial score (nSPS) is 10.6. The number of hydrogen-bond donors (Lipinski definition) is 3. The largest absolute Gasteiger partial charge is 0.508 e. The van der Waals surface area contributed by atoms with Crippen LogP contribution in [0.4, 0.5) is 0 Å². The van der Waals surface area contributed by atoms with Gasteiger partial charge in [-0.25, -0.2) is 0 Å². The summed E-state index contributed by atoms with van der Waals surface area (Å²) in [5, 5.41) is 27.5. The minimum absolute atomic E-state index is 0.0333. The summed E-state index contributed by atoms with van der Waals surface area (Å²) >= 11 is 0. The summed E-state index contributed by atoms with van der Waals surface area (Å²) < 4.78 is 0. The number of aromatic hydroxyl groups is 3. The predicted molar refractivity (Wildman–Crippen MR) is 45.5 cm³/mol. The van der Waals surface area contributed by atoms with Crippen molar-refractivity contribution < 1.29 is 15.3 Å². The molecule has 0 aliphatic heterocycles. The van der Waals surface area contributed by atoms with Crippen molar-refractivity contribution >= 4 is 0 Å². The highest BCUT2D eigenvalue weighted by atomic mass is 16.3. The van der Waals surface area contributed by atoms with E-state index in [1.807, 2.05) is 13.8 Å². The molecule has 3 nitrogen and oxygen atoms in total. The SMILES string of the molecule is CC(C)c1cc(O)cc(O)c1O. The summed E-state index contributed by atoms with van der Waals surface area (Å²) in [6.45, 7) is 3.74. The van der Waals surface area contributed by atoms with Gasteiger partial charge in [0.15, 0.2) is 11.5 Å². The lowest BCUT2D eigenvalue weighted by Crippen LogP contribution is -1.87. The van der Waals surface area contributed by atoms with E-state index in [9.17, 15) is 5.11 Å². The molecule has 0 saturated heterocycles. The highest BCUT2D eigenvalue weighted by molar-refractivity contribution is 5.50. The fourth-order valence-corrected chi connectivity index (χ4v) is 1.07. The molecular formula is C9H12O3. The molecule has 1 aromatic carbocycles. The summed E-state index contributed by atoms with van der Waals surface area (Å²) in [5.74, 6) is -0.390. The zero-order valence-electron chi connectivity index (χ0n) is 7.07. The Morgan fingerprint density at radius 1 is 1.08 bits per heavy atom. The third-order valence-electron chi connectivity index (χ3n) is 1.73. The van der Waals surface area contributed by atoms with Gasteiger partial charge in [0, 0.05) is 11.6 Å². The van der Waals surface area contributed by atoms with Gasteiger partial charge in [-0.2, -0.15) is 0 Å². The first-order valence-corrected chi connectivity index (χ1v) is 3.77. The summed E-state index contributed by atoms with van der Waals surface area (Å²) in [5.41, 5.74) is 0.549. The van der Waals surface area contributed by atoms with E-state index in [0.29, 0.717) is 5.56 Å². The van der Waals surface area contributed by atoms with Gasteiger partial charge >= 0.3 is 0 Å². The Morgan fingerprint density at radius 3 is 2.17 bits per heavy atom. The Bertz CT molecular complexity index is 292. The molecule has 3 N–H and O–H groups in total. The molecule has 0 aliphatic carbocycles. The molecule has 1 rings (SSSR count). The van der Waals surface area contributed by atoms with Crippen molar-refractivity contribution in [3.8, 4) is 17.2 Å². The smallest absolute Gasteiger partial charge is 0.161 e. The lowest BCUT2D eigenvalue weighted by atomic mass is 10.0. The summed E-state index contributed by atoms with van der Waals surface area (Å²) in [4.78, 5) is 0. The van der Waals surface area contributed by atoms with Crippen LogP contribution in [0.15, 0.2) is 12.1 Å². The first kappa shape index (κ1) is 8.71. The van der Waals surface area contributed by atoms with Crippen molar-refractivity contribution in [2.45, 2.75) is 19.8 Å². The molecule has 0 aliphatic rings. The van der Waals surface area contributed by atoms with Crippen LogP contribution < -0.4 is 0 Å². The third kappa shape index (κ3) is 1.44. The van der Waals surface area contributed by atoms with E-state index < -0.39 is 0 Å². The number of phenols is 3. The van der Waals surface area contributed by atoms with Gasteiger partial charge in [-0.15, -0.1) is 0 Å². The van der Waals surface area contributed by atoms with E-state index in [-0.39, 0.29) is 23.2 Å². The van der Waals surface area contributed by atoms with E-state index in [4.69, 9.17) is 10.2 Å². The molecule has 0 amide bonds. The highest BCUT2D eigenvalue weighted by Gasteiger charge is 2.11. The molecule has 0 radical (unpaired) electrons. The predicted octanol–water partition coefficient (Wildman–Crippen LogP) is 1.93. The van der Waals surface area contributed by atoms with Gasteiger partial charge in [0.05, 0.1) is 0 Å². The van der Waals surface area contributed by atoms with Crippen LogP contribution in [-0.2, 0) is 0 Å². The van der Waals surface area contributed by atoms with Crippen LogP contribution >= 0.6 is 0 Å².